The monoisotopic (exact) mass is 850 g/mol. The number of benzene rings is 9. The normalized spacial score (nSPS) is 15.0. The molecule has 0 atom stereocenters. The van der Waals surface area contributed by atoms with Crippen LogP contribution in [0.4, 0.5) is 0 Å². The fourth-order valence-corrected chi connectivity index (χ4v) is 16.8. The Bertz CT molecular complexity index is 3130. The summed E-state index contributed by atoms with van der Waals surface area (Å²) in [6, 6.07) is 68.0. The standard InChI is InChI=1S/C55H42Ge2/c56-49-28-7-4-17-38(49)35-16-2-1-15-34(35)36-20-11-22-40-45(36)33-46-37(39-24-14-30-51-54(39)43-19-5-8-29-50(43)57-51)21-12-23-41(46)52(40)44-25-13-27-48-53(44)42-18-3-6-26-47(42)55(48)31-9-10-32-55/h1-8,11-30,33H,9-10,31-32,57H2,56H3. The zero-order chi connectivity index (χ0) is 37.7. The van der Waals surface area contributed by atoms with Crippen LogP contribution in [0.15, 0.2) is 176 Å². The number of rotatable bonds is 4. The predicted octanol–water partition coefficient (Wildman–Crippen LogP) is 10.6. The maximum absolute atomic E-state index is 2.56. The molecule has 270 valence electrons. The molecular weight excluding hydrogens is 806 g/mol. The van der Waals surface area contributed by atoms with Crippen molar-refractivity contribution in [3.63, 3.8) is 0 Å². The van der Waals surface area contributed by atoms with Crippen LogP contribution in [-0.4, -0.2) is 31.9 Å². The van der Waals surface area contributed by atoms with Crippen LogP contribution in [0.2, 0.25) is 0 Å². The van der Waals surface area contributed by atoms with Crippen LogP contribution in [0.1, 0.15) is 36.8 Å². The molecule has 1 heterocycles. The first-order valence-corrected chi connectivity index (χ1v) is 25.8. The molecule has 0 amide bonds. The third kappa shape index (κ3) is 4.93. The quantitative estimate of drug-likeness (QED) is 0.122. The fourth-order valence-electron chi connectivity index (χ4n) is 11.4. The first-order chi connectivity index (χ1) is 28.2. The molecule has 2 heteroatoms. The zero-order valence-corrected chi connectivity index (χ0v) is 39.4. The average Bonchev–Trinajstić information content (AvgIpc) is 3.98. The van der Waals surface area contributed by atoms with E-state index in [-0.39, 0.29) is 5.41 Å². The molecule has 1 fully saturated rings. The van der Waals surface area contributed by atoms with Crippen LogP contribution in [0, 0.1) is 0 Å². The summed E-state index contributed by atoms with van der Waals surface area (Å²) in [4.78, 5) is 0. The van der Waals surface area contributed by atoms with E-state index in [1.165, 1.54) is 130 Å². The molecule has 12 rings (SSSR count). The molecule has 0 radical (unpaired) electrons. The molecule has 1 aliphatic heterocycles. The van der Waals surface area contributed by atoms with E-state index in [2.05, 4.69) is 176 Å². The Morgan fingerprint density at radius 1 is 0.351 bits per heavy atom. The molecule has 9 aromatic rings. The van der Waals surface area contributed by atoms with Crippen LogP contribution in [-0.2, 0) is 5.41 Å². The Morgan fingerprint density at radius 2 is 0.860 bits per heavy atom. The Morgan fingerprint density at radius 3 is 1.61 bits per heavy atom. The Kier molecular flexibility index (Phi) is 7.72. The summed E-state index contributed by atoms with van der Waals surface area (Å²) in [5.41, 5.74) is 19.7. The second kappa shape index (κ2) is 13.1. The molecule has 0 unspecified atom stereocenters. The van der Waals surface area contributed by atoms with E-state index in [0.29, 0.717) is 16.5 Å². The van der Waals surface area contributed by atoms with E-state index in [9.17, 15) is 0 Å². The van der Waals surface area contributed by atoms with Crippen molar-refractivity contribution in [3.05, 3.63) is 187 Å². The van der Waals surface area contributed by atoms with E-state index < -0.39 is 15.4 Å². The third-order valence-electron chi connectivity index (χ3n) is 13.8. The van der Waals surface area contributed by atoms with Gasteiger partial charge in [0.25, 0.3) is 0 Å². The zero-order valence-electron chi connectivity index (χ0n) is 32.3. The van der Waals surface area contributed by atoms with Crippen molar-refractivity contribution >= 4 is 66.7 Å². The molecule has 0 N–H and O–H groups in total. The number of hydrogen-bond acceptors (Lipinski definition) is 0. The van der Waals surface area contributed by atoms with Crippen LogP contribution >= 0.6 is 0 Å². The average molecular weight is 848 g/mol. The summed E-state index contributed by atoms with van der Waals surface area (Å²) in [6.45, 7) is 0. The third-order valence-corrected chi connectivity index (χ3v) is 19.8. The summed E-state index contributed by atoms with van der Waals surface area (Å²) in [7, 11) is 0. The van der Waals surface area contributed by atoms with Crippen molar-refractivity contribution in [2.75, 3.05) is 0 Å². The summed E-state index contributed by atoms with van der Waals surface area (Å²) in [5, 5.41) is 5.31. The van der Waals surface area contributed by atoms with Gasteiger partial charge in [-0.05, 0) is 0 Å². The molecule has 0 bridgehead atoms. The van der Waals surface area contributed by atoms with Crippen LogP contribution in [0.25, 0.3) is 88.3 Å². The molecule has 1 saturated carbocycles. The minimum absolute atomic E-state index is 0.110. The molecule has 3 aliphatic rings. The number of hydrogen-bond donors (Lipinski definition) is 0. The SMILES string of the molecule is [GeH3][c]1ccccc1-c1ccccc1-c1cccc2c(-c3cccc4c3-c3ccccc3C43CCCC3)c3cccc(-c4ccc[c]5c4-c4cccc[c]4[GeH2]5)c3cc12. The predicted molar refractivity (Wildman–Crippen MR) is 251 cm³/mol. The van der Waals surface area contributed by atoms with Gasteiger partial charge in [0.1, 0.15) is 0 Å². The van der Waals surface area contributed by atoms with Crippen LogP contribution in [0.5, 0.6) is 0 Å². The second-order valence-corrected chi connectivity index (χ2v) is 22.8. The van der Waals surface area contributed by atoms with Gasteiger partial charge in [-0.2, -0.15) is 0 Å². The molecule has 0 nitrogen and oxygen atoms in total. The Labute approximate surface area is 349 Å². The van der Waals surface area contributed by atoms with E-state index in [0.717, 1.165) is 0 Å². The summed E-state index contributed by atoms with van der Waals surface area (Å²) < 4.78 is 4.70. The van der Waals surface area contributed by atoms with Crippen molar-refractivity contribution in [2.45, 2.75) is 31.1 Å². The molecule has 0 saturated heterocycles. The second-order valence-electron chi connectivity index (χ2n) is 16.7. The van der Waals surface area contributed by atoms with Crippen molar-refractivity contribution in [2.24, 2.45) is 0 Å². The van der Waals surface area contributed by atoms with Gasteiger partial charge in [0.05, 0.1) is 0 Å². The van der Waals surface area contributed by atoms with Crippen molar-refractivity contribution in [1.29, 1.82) is 0 Å². The first kappa shape index (κ1) is 33.7. The van der Waals surface area contributed by atoms with Crippen LogP contribution in [0.3, 0.4) is 0 Å². The Balaban J connectivity index is 1.22. The molecule has 0 aromatic heterocycles. The molecule has 9 aromatic carbocycles. The van der Waals surface area contributed by atoms with Crippen molar-refractivity contribution < 1.29 is 0 Å². The van der Waals surface area contributed by atoms with Gasteiger partial charge in [-0.15, -0.1) is 0 Å². The van der Waals surface area contributed by atoms with Gasteiger partial charge in [0.2, 0.25) is 0 Å². The summed E-state index contributed by atoms with van der Waals surface area (Å²) in [5.74, 6) is 0. The van der Waals surface area contributed by atoms with Gasteiger partial charge in [0.15, 0.2) is 0 Å². The molecule has 1 spiro atoms. The minimum atomic E-state index is -1.07. The van der Waals surface area contributed by atoms with Crippen molar-refractivity contribution in [1.82, 2.24) is 0 Å². The topological polar surface area (TPSA) is 0 Å². The van der Waals surface area contributed by atoms with Gasteiger partial charge in [-0.25, -0.2) is 0 Å². The van der Waals surface area contributed by atoms with Crippen LogP contribution < -0.4 is 13.2 Å². The fraction of sp³-hybridized carbons (Fsp3) is 0.0909. The van der Waals surface area contributed by atoms with Gasteiger partial charge in [-0.3, -0.25) is 0 Å². The maximum atomic E-state index is 2.56. The van der Waals surface area contributed by atoms with Gasteiger partial charge < -0.3 is 0 Å². The molecule has 57 heavy (non-hydrogen) atoms. The summed E-state index contributed by atoms with van der Waals surface area (Å²) >= 11 is -0.507. The first-order valence-electron chi connectivity index (χ1n) is 20.8. The number of fused-ring (bicyclic) bond motifs is 10. The summed E-state index contributed by atoms with van der Waals surface area (Å²) in [6.07, 6.45) is 5.05. The van der Waals surface area contributed by atoms with E-state index in [1.807, 2.05) is 0 Å². The van der Waals surface area contributed by atoms with Gasteiger partial charge >= 0.3 is 333 Å². The molecule has 2 aliphatic carbocycles. The van der Waals surface area contributed by atoms with E-state index >= 15 is 0 Å². The van der Waals surface area contributed by atoms with Crippen molar-refractivity contribution in [3.8, 4) is 66.8 Å². The van der Waals surface area contributed by atoms with E-state index in [1.54, 1.807) is 8.79 Å². The Hall–Kier alpha value is -5.41. The van der Waals surface area contributed by atoms with Gasteiger partial charge in [-0.1, -0.05) is 18.9 Å². The molecular formula is C55H42Ge2. The van der Waals surface area contributed by atoms with E-state index in [4.69, 9.17) is 0 Å². The van der Waals surface area contributed by atoms with Gasteiger partial charge in [0, 0.05) is 0 Å².